The maximum absolute atomic E-state index is 13.5. The summed E-state index contributed by atoms with van der Waals surface area (Å²) < 4.78 is 45.5. The van der Waals surface area contributed by atoms with Gasteiger partial charge in [0.05, 0.1) is 24.1 Å². The lowest BCUT2D eigenvalue weighted by Crippen LogP contribution is -2.40. The number of benzene rings is 1. The average molecular weight is 498 g/mol. The van der Waals surface area contributed by atoms with Crippen LogP contribution in [0.5, 0.6) is 0 Å². The summed E-state index contributed by atoms with van der Waals surface area (Å²) >= 11 is 6.12. The fraction of sp³-hybridized carbons (Fsp3) is 0.364. The van der Waals surface area contributed by atoms with Crippen molar-refractivity contribution in [3.8, 4) is 0 Å². The summed E-state index contributed by atoms with van der Waals surface area (Å²) in [7, 11) is 0. The molecule has 0 spiro atoms. The molecule has 0 radical (unpaired) electrons. The molecule has 0 amide bonds. The number of nitrogens with one attached hydrogen (secondary N) is 3. The van der Waals surface area contributed by atoms with E-state index in [1.54, 1.807) is 18.7 Å². The van der Waals surface area contributed by atoms with Crippen molar-refractivity contribution >= 4 is 29.0 Å². The van der Waals surface area contributed by atoms with Crippen LogP contribution in [0.4, 0.5) is 18.9 Å². The molecule has 182 valence electrons. The van der Waals surface area contributed by atoms with Gasteiger partial charge in [0.15, 0.2) is 0 Å². The lowest BCUT2D eigenvalue weighted by molar-refractivity contribution is -0.138. The second-order valence-corrected chi connectivity index (χ2v) is 7.95. The highest BCUT2D eigenvalue weighted by Crippen LogP contribution is 2.35. The van der Waals surface area contributed by atoms with Gasteiger partial charge in [-0.3, -0.25) is 10.2 Å². The molecule has 3 N–H and O–H groups in total. The standard InChI is InChI=1S/C22H23ClF3N5O3/c1-3-34-21(33)19(27)14-11-31(17-10-28-30-20(32)18(17)23)9-8-16(14)29-12(2)13-6-4-5-7-15(13)22(24,25)26/h4-7,10,12,27,29H,3,8-9,11H2,1-2H3,(H,30,32). The number of halogens is 4. The van der Waals surface area contributed by atoms with Crippen molar-refractivity contribution in [3.63, 3.8) is 0 Å². The van der Waals surface area contributed by atoms with E-state index in [1.165, 1.54) is 24.4 Å². The molecule has 1 aliphatic rings. The zero-order valence-corrected chi connectivity index (χ0v) is 19.2. The largest absolute Gasteiger partial charge is 0.461 e. The topological polar surface area (TPSA) is 111 Å². The van der Waals surface area contributed by atoms with E-state index in [0.717, 1.165) is 6.07 Å². The predicted molar refractivity (Wildman–Crippen MR) is 121 cm³/mol. The van der Waals surface area contributed by atoms with Gasteiger partial charge in [-0.15, -0.1) is 0 Å². The molecule has 1 aliphatic heterocycles. The third-order valence-electron chi connectivity index (χ3n) is 5.37. The molecule has 1 atom stereocenters. The first kappa shape index (κ1) is 25.3. The highest BCUT2D eigenvalue weighted by atomic mass is 35.5. The van der Waals surface area contributed by atoms with Crippen molar-refractivity contribution in [1.82, 2.24) is 15.5 Å². The van der Waals surface area contributed by atoms with Crippen LogP contribution in [0.15, 0.2) is 46.5 Å². The molecule has 3 rings (SSSR count). The van der Waals surface area contributed by atoms with E-state index in [4.69, 9.17) is 21.7 Å². The maximum Gasteiger partial charge on any atom is 0.416 e. The molecule has 12 heteroatoms. The number of rotatable bonds is 7. The van der Waals surface area contributed by atoms with Crippen molar-refractivity contribution < 1.29 is 22.7 Å². The molecule has 2 aromatic rings. The number of aromatic nitrogens is 2. The second-order valence-electron chi connectivity index (χ2n) is 7.57. The Morgan fingerprint density at radius 2 is 2.09 bits per heavy atom. The molecule has 0 fully saturated rings. The van der Waals surface area contributed by atoms with Crippen LogP contribution in [-0.4, -0.2) is 41.6 Å². The Kier molecular flexibility index (Phi) is 7.65. The molecule has 1 aromatic carbocycles. The van der Waals surface area contributed by atoms with Gasteiger partial charge in [-0.05, 0) is 25.5 Å². The third kappa shape index (κ3) is 5.41. The Morgan fingerprint density at radius 1 is 1.38 bits per heavy atom. The maximum atomic E-state index is 13.5. The van der Waals surface area contributed by atoms with Gasteiger partial charge in [0, 0.05) is 36.8 Å². The molecule has 0 bridgehead atoms. The Balaban J connectivity index is 1.98. The zero-order chi connectivity index (χ0) is 25.0. The molecule has 0 saturated heterocycles. The molecular formula is C22H23ClF3N5O3. The number of aromatic amines is 1. The number of ether oxygens (including phenoxy) is 1. The number of anilines is 1. The Labute approximate surface area is 198 Å². The molecule has 0 aliphatic carbocycles. The monoisotopic (exact) mass is 497 g/mol. The summed E-state index contributed by atoms with van der Waals surface area (Å²) in [5, 5.41) is 17.3. The number of alkyl halides is 3. The predicted octanol–water partition coefficient (Wildman–Crippen LogP) is 3.84. The molecule has 2 heterocycles. The van der Waals surface area contributed by atoms with Crippen LogP contribution in [0.2, 0.25) is 5.02 Å². The number of esters is 1. The van der Waals surface area contributed by atoms with Crippen molar-refractivity contribution in [3.05, 3.63) is 68.2 Å². The molecule has 8 nitrogen and oxygen atoms in total. The van der Waals surface area contributed by atoms with Gasteiger partial charge in [0.1, 0.15) is 10.7 Å². The van der Waals surface area contributed by atoms with E-state index in [0.29, 0.717) is 17.9 Å². The van der Waals surface area contributed by atoms with Crippen LogP contribution in [-0.2, 0) is 15.7 Å². The molecular weight excluding hydrogens is 475 g/mol. The summed E-state index contributed by atoms with van der Waals surface area (Å²) in [5.41, 5.74) is -0.768. The van der Waals surface area contributed by atoms with Gasteiger partial charge < -0.3 is 15.0 Å². The van der Waals surface area contributed by atoms with Crippen LogP contribution in [0.25, 0.3) is 0 Å². The van der Waals surface area contributed by atoms with Crippen LogP contribution in [0.3, 0.4) is 0 Å². The number of carbonyl (C=O) groups is 1. The van der Waals surface area contributed by atoms with Gasteiger partial charge in [-0.25, -0.2) is 9.89 Å². The van der Waals surface area contributed by atoms with E-state index in [-0.39, 0.29) is 35.7 Å². The summed E-state index contributed by atoms with van der Waals surface area (Å²) in [4.78, 5) is 25.9. The SMILES string of the molecule is CCOC(=O)C(=N)C1=C(NC(C)c2ccccc2C(F)(F)F)CCN(c2cn[nH]c(=O)c2Cl)C1. The highest BCUT2D eigenvalue weighted by molar-refractivity contribution is 6.42. The number of nitrogens with zero attached hydrogens (tertiary/aromatic N) is 2. The number of H-pyrrole nitrogens is 1. The van der Waals surface area contributed by atoms with Crippen LogP contribution >= 0.6 is 11.6 Å². The van der Waals surface area contributed by atoms with Crippen molar-refractivity contribution in [2.24, 2.45) is 0 Å². The van der Waals surface area contributed by atoms with Gasteiger partial charge in [-0.2, -0.15) is 18.3 Å². The van der Waals surface area contributed by atoms with Gasteiger partial charge in [-0.1, -0.05) is 29.8 Å². The normalized spacial score (nSPS) is 15.2. The fourth-order valence-electron chi connectivity index (χ4n) is 3.75. The highest BCUT2D eigenvalue weighted by Gasteiger charge is 2.35. The molecule has 1 aromatic heterocycles. The minimum absolute atomic E-state index is 0.00152. The van der Waals surface area contributed by atoms with Crippen molar-refractivity contribution in [2.45, 2.75) is 32.5 Å². The van der Waals surface area contributed by atoms with E-state index in [2.05, 4.69) is 15.5 Å². The summed E-state index contributed by atoms with van der Waals surface area (Å²) in [5.74, 6) is -0.864. The van der Waals surface area contributed by atoms with Crippen LogP contribution in [0.1, 0.15) is 37.4 Å². The number of carbonyl (C=O) groups excluding carboxylic acids is 1. The van der Waals surface area contributed by atoms with Crippen LogP contribution < -0.4 is 15.8 Å². The zero-order valence-electron chi connectivity index (χ0n) is 18.4. The van der Waals surface area contributed by atoms with Crippen LogP contribution in [0, 0.1) is 5.41 Å². The van der Waals surface area contributed by atoms with Gasteiger partial charge in [0.2, 0.25) is 0 Å². The summed E-state index contributed by atoms with van der Waals surface area (Å²) in [6.45, 7) is 3.55. The Bertz CT molecular complexity index is 1180. The van der Waals surface area contributed by atoms with Crippen molar-refractivity contribution in [1.29, 1.82) is 5.41 Å². The van der Waals surface area contributed by atoms with E-state index < -0.39 is 35.0 Å². The molecule has 1 unspecified atom stereocenters. The smallest absolute Gasteiger partial charge is 0.416 e. The first-order valence-corrected chi connectivity index (χ1v) is 10.8. The molecule has 34 heavy (non-hydrogen) atoms. The Morgan fingerprint density at radius 3 is 2.76 bits per heavy atom. The average Bonchev–Trinajstić information content (AvgIpc) is 2.80. The number of hydrogen-bond donors (Lipinski definition) is 3. The minimum atomic E-state index is -4.53. The second kappa shape index (κ2) is 10.3. The quantitative estimate of drug-likeness (QED) is 0.396. The van der Waals surface area contributed by atoms with Crippen molar-refractivity contribution in [2.75, 3.05) is 24.6 Å². The van der Waals surface area contributed by atoms with E-state index in [9.17, 15) is 22.8 Å². The first-order valence-electron chi connectivity index (χ1n) is 10.4. The summed E-state index contributed by atoms with van der Waals surface area (Å²) in [6, 6.07) is 4.46. The minimum Gasteiger partial charge on any atom is -0.461 e. The fourth-order valence-corrected chi connectivity index (χ4v) is 3.96. The third-order valence-corrected chi connectivity index (χ3v) is 5.73. The lowest BCUT2D eigenvalue weighted by Gasteiger charge is -2.34. The lowest BCUT2D eigenvalue weighted by atomic mass is 9.97. The first-order chi connectivity index (χ1) is 16.0. The van der Waals surface area contributed by atoms with Gasteiger partial charge >= 0.3 is 12.1 Å². The Hall–Kier alpha value is -3.34. The number of hydrogen-bond acceptors (Lipinski definition) is 7. The van der Waals surface area contributed by atoms with Gasteiger partial charge in [0.25, 0.3) is 5.56 Å². The summed E-state index contributed by atoms with van der Waals surface area (Å²) in [6.07, 6.45) is -2.93. The van der Waals surface area contributed by atoms with E-state index >= 15 is 0 Å². The van der Waals surface area contributed by atoms with E-state index in [1.807, 2.05) is 0 Å². The molecule has 0 saturated carbocycles.